The van der Waals surface area contributed by atoms with Crippen LogP contribution < -0.4 is 20.1 Å². The van der Waals surface area contributed by atoms with Crippen molar-refractivity contribution in [3.63, 3.8) is 0 Å². The second-order valence-corrected chi connectivity index (χ2v) is 8.57. The van der Waals surface area contributed by atoms with Crippen molar-refractivity contribution in [2.75, 3.05) is 25.2 Å². The number of hydrogen-bond donors (Lipinski definition) is 2. The van der Waals surface area contributed by atoms with Crippen molar-refractivity contribution in [3.05, 3.63) is 64.4 Å². The molecule has 0 bridgehead atoms. The lowest BCUT2D eigenvalue weighted by Crippen LogP contribution is -2.39. The van der Waals surface area contributed by atoms with E-state index in [1.54, 1.807) is 24.4 Å². The van der Waals surface area contributed by atoms with E-state index < -0.39 is 0 Å². The Kier molecular flexibility index (Phi) is 5.70. The van der Waals surface area contributed by atoms with Gasteiger partial charge in [-0.2, -0.15) is 0 Å². The number of anilines is 1. The SMILES string of the molecule is O=C(CN1CCc2nc(NC(=O)c3ccccn3)sc2C1)NCc1ccc2c(c1)OCO2. The molecule has 0 radical (unpaired) electrons. The van der Waals surface area contributed by atoms with E-state index in [1.807, 2.05) is 18.2 Å². The highest BCUT2D eigenvalue weighted by Gasteiger charge is 2.23. The number of pyridine rings is 1. The number of hydrogen-bond acceptors (Lipinski definition) is 8. The van der Waals surface area contributed by atoms with Gasteiger partial charge in [0.1, 0.15) is 5.69 Å². The largest absolute Gasteiger partial charge is 0.454 e. The molecular formula is C22H21N5O4S. The fourth-order valence-corrected chi connectivity index (χ4v) is 4.65. The zero-order chi connectivity index (χ0) is 21.9. The van der Waals surface area contributed by atoms with Crippen molar-refractivity contribution >= 4 is 28.3 Å². The van der Waals surface area contributed by atoms with E-state index in [4.69, 9.17) is 9.47 Å². The van der Waals surface area contributed by atoms with Gasteiger partial charge in [-0.05, 0) is 29.8 Å². The Morgan fingerprint density at radius 3 is 2.94 bits per heavy atom. The molecule has 9 nitrogen and oxygen atoms in total. The Hall–Kier alpha value is -3.50. The first-order chi connectivity index (χ1) is 15.6. The van der Waals surface area contributed by atoms with E-state index in [2.05, 4.69) is 25.5 Å². The number of rotatable bonds is 6. The summed E-state index contributed by atoms with van der Waals surface area (Å²) in [6, 6.07) is 10.8. The molecule has 10 heteroatoms. The van der Waals surface area contributed by atoms with Crippen LogP contribution in [0.4, 0.5) is 5.13 Å². The molecule has 0 spiro atoms. The molecule has 0 saturated carbocycles. The second-order valence-electron chi connectivity index (χ2n) is 7.48. The fraction of sp³-hybridized carbons (Fsp3) is 0.273. The van der Waals surface area contributed by atoms with Gasteiger partial charge in [-0.3, -0.25) is 24.8 Å². The van der Waals surface area contributed by atoms with Crippen LogP contribution in [-0.2, 0) is 24.3 Å². The van der Waals surface area contributed by atoms with E-state index in [9.17, 15) is 9.59 Å². The van der Waals surface area contributed by atoms with Crippen LogP contribution in [0.5, 0.6) is 11.5 Å². The van der Waals surface area contributed by atoms with Gasteiger partial charge in [-0.15, -0.1) is 11.3 Å². The van der Waals surface area contributed by atoms with Crippen molar-refractivity contribution in [1.29, 1.82) is 0 Å². The van der Waals surface area contributed by atoms with Crippen LogP contribution in [0.2, 0.25) is 0 Å². The van der Waals surface area contributed by atoms with E-state index in [0.29, 0.717) is 36.2 Å². The molecule has 0 saturated heterocycles. The maximum absolute atomic E-state index is 12.5. The smallest absolute Gasteiger partial charge is 0.276 e. The predicted molar refractivity (Wildman–Crippen MR) is 118 cm³/mol. The highest BCUT2D eigenvalue weighted by atomic mass is 32.1. The van der Waals surface area contributed by atoms with Crippen LogP contribution in [0.15, 0.2) is 42.6 Å². The number of nitrogens with zero attached hydrogens (tertiary/aromatic N) is 3. The van der Waals surface area contributed by atoms with Crippen molar-refractivity contribution in [3.8, 4) is 11.5 Å². The zero-order valence-corrected chi connectivity index (χ0v) is 18.0. The minimum absolute atomic E-state index is 0.0423. The predicted octanol–water partition coefficient (Wildman–Crippen LogP) is 2.19. The van der Waals surface area contributed by atoms with Crippen LogP contribution in [-0.4, -0.2) is 46.6 Å². The maximum atomic E-state index is 12.5. The molecular weight excluding hydrogens is 430 g/mol. The molecule has 2 aliphatic heterocycles. The lowest BCUT2D eigenvalue weighted by atomic mass is 10.2. The highest BCUT2D eigenvalue weighted by molar-refractivity contribution is 7.15. The maximum Gasteiger partial charge on any atom is 0.276 e. The third-order valence-corrected chi connectivity index (χ3v) is 6.22. The monoisotopic (exact) mass is 451 g/mol. The van der Waals surface area contributed by atoms with Crippen molar-refractivity contribution in [2.45, 2.75) is 19.5 Å². The number of ether oxygens (including phenoxy) is 2. The summed E-state index contributed by atoms with van der Waals surface area (Å²) < 4.78 is 10.7. The molecule has 4 heterocycles. The lowest BCUT2D eigenvalue weighted by Gasteiger charge is -2.25. The van der Waals surface area contributed by atoms with Gasteiger partial charge in [0, 0.05) is 37.1 Å². The van der Waals surface area contributed by atoms with Gasteiger partial charge in [0.05, 0.1) is 12.2 Å². The number of nitrogens with one attached hydrogen (secondary N) is 2. The third kappa shape index (κ3) is 4.56. The minimum Gasteiger partial charge on any atom is -0.454 e. The zero-order valence-electron chi connectivity index (χ0n) is 17.2. The molecule has 2 amide bonds. The van der Waals surface area contributed by atoms with E-state index in [0.717, 1.165) is 34.8 Å². The Bertz CT molecular complexity index is 1150. The Morgan fingerprint density at radius 2 is 2.06 bits per heavy atom. The van der Waals surface area contributed by atoms with E-state index >= 15 is 0 Å². The van der Waals surface area contributed by atoms with Gasteiger partial charge in [0.15, 0.2) is 16.6 Å². The van der Waals surface area contributed by atoms with Crippen molar-refractivity contribution in [1.82, 2.24) is 20.2 Å². The molecule has 0 unspecified atom stereocenters. The molecule has 5 rings (SSSR count). The normalized spacial score (nSPS) is 14.6. The van der Waals surface area contributed by atoms with Gasteiger partial charge in [-0.25, -0.2) is 4.98 Å². The van der Waals surface area contributed by atoms with Crippen molar-refractivity contribution < 1.29 is 19.1 Å². The van der Waals surface area contributed by atoms with Gasteiger partial charge in [0.25, 0.3) is 5.91 Å². The van der Waals surface area contributed by atoms with Crippen LogP contribution in [0.25, 0.3) is 0 Å². The first-order valence-corrected chi connectivity index (χ1v) is 11.0. The number of amides is 2. The number of carbonyl (C=O) groups excluding carboxylic acids is 2. The summed E-state index contributed by atoms with van der Waals surface area (Å²) in [6.07, 6.45) is 2.32. The first-order valence-electron chi connectivity index (χ1n) is 10.2. The summed E-state index contributed by atoms with van der Waals surface area (Å²) >= 11 is 1.44. The summed E-state index contributed by atoms with van der Waals surface area (Å²) in [5.74, 6) is 1.11. The van der Waals surface area contributed by atoms with Gasteiger partial charge in [-0.1, -0.05) is 12.1 Å². The number of aromatic nitrogens is 2. The Morgan fingerprint density at radius 1 is 1.16 bits per heavy atom. The van der Waals surface area contributed by atoms with E-state index in [-0.39, 0.29) is 18.6 Å². The number of thiazole rings is 1. The number of carbonyl (C=O) groups is 2. The molecule has 2 N–H and O–H groups in total. The fourth-order valence-electron chi connectivity index (χ4n) is 3.61. The molecule has 3 aromatic rings. The topological polar surface area (TPSA) is 106 Å². The van der Waals surface area contributed by atoms with E-state index in [1.165, 1.54) is 11.3 Å². The van der Waals surface area contributed by atoms with Crippen LogP contribution in [0, 0.1) is 0 Å². The molecule has 0 aliphatic carbocycles. The lowest BCUT2D eigenvalue weighted by molar-refractivity contribution is -0.122. The molecule has 1 aromatic carbocycles. The van der Waals surface area contributed by atoms with Crippen molar-refractivity contribution in [2.24, 2.45) is 0 Å². The summed E-state index contributed by atoms with van der Waals surface area (Å²) in [6.45, 7) is 2.33. The first kappa shape index (κ1) is 20.4. The summed E-state index contributed by atoms with van der Waals surface area (Å²) in [5.41, 5.74) is 2.28. The molecule has 164 valence electrons. The summed E-state index contributed by atoms with van der Waals surface area (Å²) in [7, 11) is 0. The molecule has 0 atom stereocenters. The van der Waals surface area contributed by atoms with Gasteiger partial charge in [0.2, 0.25) is 12.7 Å². The van der Waals surface area contributed by atoms with Crippen LogP contribution in [0.3, 0.4) is 0 Å². The average molecular weight is 452 g/mol. The van der Waals surface area contributed by atoms with Gasteiger partial charge >= 0.3 is 0 Å². The minimum atomic E-state index is -0.281. The van der Waals surface area contributed by atoms with Crippen LogP contribution >= 0.6 is 11.3 Å². The Balaban J connectivity index is 1.13. The molecule has 0 fully saturated rings. The molecule has 2 aromatic heterocycles. The Labute approximate surface area is 188 Å². The molecule has 32 heavy (non-hydrogen) atoms. The van der Waals surface area contributed by atoms with Gasteiger partial charge < -0.3 is 14.8 Å². The second kappa shape index (κ2) is 8.93. The highest BCUT2D eigenvalue weighted by Crippen LogP contribution is 2.32. The number of fused-ring (bicyclic) bond motifs is 2. The quantitative estimate of drug-likeness (QED) is 0.592. The molecule has 2 aliphatic rings. The number of benzene rings is 1. The third-order valence-electron chi connectivity index (χ3n) is 5.22. The standard InChI is InChI=1S/C22H21N5O4S/c28-20(24-10-14-4-5-17-18(9-14)31-13-30-17)12-27-8-6-15-19(11-27)32-22(25-15)26-21(29)16-3-1-2-7-23-16/h1-5,7,9H,6,8,10-13H2,(H,24,28)(H,25,26,29). The average Bonchev–Trinajstić information content (AvgIpc) is 3.43. The summed E-state index contributed by atoms with van der Waals surface area (Å²) in [4.78, 5) is 36.5. The van der Waals surface area contributed by atoms with Crippen LogP contribution in [0.1, 0.15) is 26.6 Å². The summed E-state index contributed by atoms with van der Waals surface area (Å²) in [5, 5.41) is 6.33.